The van der Waals surface area contributed by atoms with Crippen LogP contribution in [0.4, 0.5) is 0 Å². The van der Waals surface area contributed by atoms with Crippen molar-refractivity contribution in [3.63, 3.8) is 0 Å². The average molecular weight is 246 g/mol. The Morgan fingerprint density at radius 1 is 1.28 bits per heavy atom. The molecular weight excluding hydrogens is 224 g/mol. The maximum absolute atomic E-state index is 5.69. The van der Waals surface area contributed by atoms with E-state index in [-0.39, 0.29) is 0 Å². The summed E-state index contributed by atoms with van der Waals surface area (Å²) in [7, 11) is 0. The van der Waals surface area contributed by atoms with Crippen LogP contribution in [0.1, 0.15) is 12.0 Å². The first-order chi connectivity index (χ1) is 8.93. The van der Waals surface area contributed by atoms with Gasteiger partial charge in [-0.3, -0.25) is 4.90 Å². The van der Waals surface area contributed by atoms with Crippen LogP contribution in [0.2, 0.25) is 0 Å². The van der Waals surface area contributed by atoms with Crippen LogP contribution in [0.3, 0.4) is 0 Å². The number of nitrogens with zero attached hydrogens (tertiary/aromatic N) is 1. The van der Waals surface area contributed by atoms with Gasteiger partial charge in [0.15, 0.2) is 0 Å². The third-order valence-corrected chi connectivity index (χ3v) is 4.15. The van der Waals surface area contributed by atoms with Crippen LogP contribution in [0, 0.1) is 5.92 Å². The summed E-state index contributed by atoms with van der Waals surface area (Å²) in [5.74, 6) is 0.758. The van der Waals surface area contributed by atoms with E-state index in [1.54, 1.807) is 0 Å². The Bertz CT molecular complexity index is 362. The molecule has 3 nitrogen and oxygen atoms in total. The summed E-state index contributed by atoms with van der Waals surface area (Å²) in [5.41, 5.74) is 1.41. The molecule has 2 aliphatic heterocycles. The molecule has 0 saturated carbocycles. The second kappa shape index (κ2) is 5.83. The van der Waals surface area contributed by atoms with Gasteiger partial charge in [0.05, 0.1) is 13.2 Å². The van der Waals surface area contributed by atoms with Gasteiger partial charge in [0.1, 0.15) is 0 Å². The monoisotopic (exact) mass is 246 g/mol. The summed E-state index contributed by atoms with van der Waals surface area (Å²) in [5, 5.41) is 3.47. The fraction of sp³-hybridized carbons (Fsp3) is 0.600. The van der Waals surface area contributed by atoms with Crippen LogP contribution in [0.15, 0.2) is 30.3 Å². The van der Waals surface area contributed by atoms with Crippen LogP contribution >= 0.6 is 0 Å². The Morgan fingerprint density at radius 2 is 2.17 bits per heavy atom. The molecule has 2 saturated heterocycles. The van der Waals surface area contributed by atoms with Gasteiger partial charge >= 0.3 is 0 Å². The smallest absolute Gasteiger partial charge is 0.0625 e. The fourth-order valence-corrected chi connectivity index (χ4v) is 3.11. The predicted molar refractivity (Wildman–Crippen MR) is 72.4 cm³/mol. The standard InChI is InChI=1S/C15H22N2O/c1-2-4-13(5-3-1)11-17-8-9-18-12-15(17)14-6-7-16-10-14/h1-5,14-16H,6-12H2. The highest BCUT2D eigenvalue weighted by molar-refractivity contribution is 5.14. The molecule has 3 rings (SSSR count). The van der Waals surface area contributed by atoms with E-state index in [2.05, 4.69) is 40.5 Å². The third kappa shape index (κ3) is 2.74. The minimum atomic E-state index is 0.592. The van der Waals surface area contributed by atoms with Gasteiger partial charge in [-0.2, -0.15) is 0 Å². The molecule has 0 aromatic heterocycles. The average Bonchev–Trinajstić information content (AvgIpc) is 2.94. The molecule has 1 aromatic rings. The van der Waals surface area contributed by atoms with Gasteiger partial charge < -0.3 is 10.1 Å². The van der Waals surface area contributed by atoms with Crippen molar-refractivity contribution >= 4 is 0 Å². The third-order valence-electron chi connectivity index (χ3n) is 4.15. The SMILES string of the molecule is c1ccc(CN2CCOCC2C2CCNC2)cc1. The first-order valence-corrected chi connectivity index (χ1v) is 7.00. The zero-order chi connectivity index (χ0) is 12.2. The highest BCUT2D eigenvalue weighted by Crippen LogP contribution is 2.22. The van der Waals surface area contributed by atoms with Gasteiger partial charge in [0.25, 0.3) is 0 Å². The molecule has 1 N–H and O–H groups in total. The lowest BCUT2D eigenvalue weighted by molar-refractivity contribution is -0.0310. The van der Waals surface area contributed by atoms with Crippen molar-refractivity contribution in [1.82, 2.24) is 10.2 Å². The van der Waals surface area contributed by atoms with E-state index in [0.717, 1.165) is 38.8 Å². The number of benzene rings is 1. The number of morpholine rings is 1. The first-order valence-electron chi connectivity index (χ1n) is 7.00. The number of nitrogens with one attached hydrogen (secondary N) is 1. The van der Waals surface area contributed by atoms with Gasteiger partial charge in [0, 0.05) is 19.1 Å². The van der Waals surface area contributed by atoms with Crippen molar-refractivity contribution in [1.29, 1.82) is 0 Å². The molecule has 2 unspecified atom stereocenters. The first kappa shape index (κ1) is 12.2. The van der Waals surface area contributed by atoms with E-state index < -0.39 is 0 Å². The lowest BCUT2D eigenvalue weighted by Gasteiger charge is -2.38. The molecule has 2 heterocycles. The summed E-state index contributed by atoms with van der Waals surface area (Å²) in [4.78, 5) is 2.61. The van der Waals surface area contributed by atoms with E-state index in [0.29, 0.717) is 6.04 Å². The second-order valence-electron chi connectivity index (χ2n) is 5.35. The van der Waals surface area contributed by atoms with E-state index >= 15 is 0 Å². The van der Waals surface area contributed by atoms with Gasteiger partial charge in [-0.05, 0) is 31.0 Å². The lowest BCUT2D eigenvalue weighted by Crippen LogP contribution is -2.49. The predicted octanol–water partition coefficient (Wildman–Crippen LogP) is 1.50. The Balaban J connectivity index is 1.67. The molecule has 0 spiro atoms. The number of hydrogen-bond donors (Lipinski definition) is 1. The molecular formula is C15H22N2O. The molecule has 98 valence electrons. The zero-order valence-electron chi connectivity index (χ0n) is 10.8. The maximum atomic E-state index is 5.69. The van der Waals surface area contributed by atoms with Crippen molar-refractivity contribution in [3.8, 4) is 0 Å². The summed E-state index contributed by atoms with van der Waals surface area (Å²) in [6.45, 7) is 6.23. The Hall–Kier alpha value is -0.900. The molecule has 1 aromatic carbocycles. The Labute approximate surface area is 109 Å². The van der Waals surface area contributed by atoms with E-state index in [9.17, 15) is 0 Å². The normalized spacial score (nSPS) is 29.6. The number of rotatable bonds is 3. The minimum Gasteiger partial charge on any atom is -0.378 e. The highest BCUT2D eigenvalue weighted by atomic mass is 16.5. The van der Waals surface area contributed by atoms with Gasteiger partial charge in [-0.15, -0.1) is 0 Å². The summed E-state index contributed by atoms with van der Waals surface area (Å²) < 4.78 is 5.69. The van der Waals surface area contributed by atoms with Crippen LogP contribution in [-0.4, -0.2) is 43.8 Å². The number of hydrogen-bond acceptors (Lipinski definition) is 3. The van der Waals surface area contributed by atoms with Crippen molar-refractivity contribution in [2.24, 2.45) is 5.92 Å². The van der Waals surface area contributed by atoms with Crippen LogP contribution in [-0.2, 0) is 11.3 Å². The van der Waals surface area contributed by atoms with Crippen molar-refractivity contribution in [3.05, 3.63) is 35.9 Å². The van der Waals surface area contributed by atoms with Crippen molar-refractivity contribution in [2.75, 3.05) is 32.8 Å². The van der Waals surface area contributed by atoms with Gasteiger partial charge in [0.2, 0.25) is 0 Å². The largest absolute Gasteiger partial charge is 0.378 e. The van der Waals surface area contributed by atoms with E-state index in [4.69, 9.17) is 4.74 Å². The van der Waals surface area contributed by atoms with E-state index in [1.807, 2.05) is 0 Å². The van der Waals surface area contributed by atoms with Crippen LogP contribution in [0.25, 0.3) is 0 Å². The lowest BCUT2D eigenvalue weighted by atomic mass is 9.96. The van der Waals surface area contributed by atoms with Crippen molar-refractivity contribution in [2.45, 2.75) is 19.0 Å². The second-order valence-corrected chi connectivity index (χ2v) is 5.35. The minimum absolute atomic E-state index is 0.592. The van der Waals surface area contributed by atoms with Gasteiger partial charge in [-0.1, -0.05) is 30.3 Å². The molecule has 0 radical (unpaired) electrons. The molecule has 0 amide bonds. The molecule has 0 bridgehead atoms. The van der Waals surface area contributed by atoms with Crippen LogP contribution in [0.5, 0.6) is 0 Å². The van der Waals surface area contributed by atoms with Crippen LogP contribution < -0.4 is 5.32 Å². The molecule has 2 fully saturated rings. The van der Waals surface area contributed by atoms with E-state index in [1.165, 1.54) is 18.5 Å². The fourth-order valence-electron chi connectivity index (χ4n) is 3.11. The summed E-state index contributed by atoms with van der Waals surface area (Å²) >= 11 is 0. The summed E-state index contributed by atoms with van der Waals surface area (Å²) in [6, 6.07) is 11.4. The highest BCUT2D eigenvalue weighted by Gasteiger charge is 2.32. The van der Waals surface area contributed by atoms with Crippen molar-refractivity contribution < 1.29 is 4.74 Å². The Kier molecular flexibility index (Phi) is 3.93. The maximum Gasteiger partial charge on any atom is 0.0625 e. The molecule has 2 atom stereocenters. The quantitative estimate of drug-likeness (QED) is 0.874. The molecule has 0 aliphatic carbocycles. The molecule has 2 aliphatic rings. The zero-order valence-corrected chi connectivity index (χ0v) is 10.8. The molecule has 3 heteroatoms. The summed E-state index contributed by atoms with van der Waals surface area (Å²) in [6.07, 6.45) is 1.29. The number of ether oxygens (including phenoxy) is 1. The topological polar surface area (TPSA) is 24.5 Å². The van der Waals surface area contributed by atoms with Gasteiger partial charge in [-0.25, -0.2) is 0 Å². The Morgan fingerprint density at radius 3 is 2.94 bits per heavy atom. The molecule has 18 heavy (non-hydrogen) atoms.